The molecule has 0 spiro atoms. The fraction of sp³-hybridized carbons (Fsp3) is 0.594. The van der Waals surface area contributed by atoms with Crippen molar-refractivity contribution in [2.75, 3.05) is 17.1 Å². The Morgan fingerprint density at radius 2 is 1.93 bits per heavy atom. The van der Waals surface area contributed by atoms with Crippen LogP contribution in [0.25, 0.3) is 0 Å². The first-order chi connectivity index (χ1) is 18.9. The fourth-order valence-corrected chi connectivity index (χ4v) is 7.48. The number of esters is 1. The molecule has 5 unspecified atom stereocenters. The lowest BCUT2D eigenvalue weighted by molar-refractivity contribution is 0.0291. The van der Waals surface area contributed by atoms with Gasteiger partial charge in [-0.25, -0.2) is 4.79 Å². The SMILES string of the molecule is CC(=CCCC(C)C1CCC2(C)CC3=C(C)CCC3C(C)=CCC12)COC(=O)c1cc(N([O-])[O-])cc(N(O)O)c1. The van der Waals surface area contributed by atoms with Crippen LogP contribution in [0.2, 0.25) is 0 Å². The molecule has 1 fully saturated rings. The van der Waals surface area contributed by atoms with E-state index in [-0.39, 0.29) is 23.1 Å². The second-order valence-corrected chi connectivity index (χ2v) is 12.7. The minimum absolute atomic E-state index is 0.0665. The number of carbonyl (C=O) groups is 1. The van der Waals surface area contributed by atoms with Crippen molar-refractivity contribution in [3.8, 4) is 0 Å². The Kier molecular flexibility index (Phi) is 9.45. The molecule has 0 bridgehead atoms. The molecular formula is C32H44N2O6-2. The zero-order valence-corrected chi connectivity index (χ0v) is 24.5. The Bertz CT molecular complexity index is 1160. The Hall–Kier alpha value is -2.65. The fourth-order valence-electron chi connectivity index (χ4n) is 7.48. The second-order valence-electron chi connectivity index (χ2n) is 12.7. The lowest BCUT2D eigenvalue weighted by atomic mass is 9.65. The number of allylic oxidation sites excluding steroid dienone is 5. The van der Waals surface area contributed by atoms with Gasteiger partial charge in [-0.2, -0.15) is 0 Å². The molecule has 3 aliphatic rings. The molecule has 1 aromatic carbocycles. The van der Waals surface area contributed by atoms with E-state index >= 15 is 0 Å². The van der Waals surface area contributed by atoms with Crippen LogP contribution < -0.4 is 10.5 Å². The molecule has 3 aliphatic carbocycles. The van der Waals surface area contributed by atoms with Crippen molar-refractivity contribution < 1.29 is 19.9 Å². The molecule has 2 N–H and O–H groups in total. The summed E-state index contributed by atoms with van der Waals surface area (Å²) in [4.78, 5) is 12.5. The van der Waals surface area contributed by atoms with Crippen LogP contribution in [0.3, 0.4) is 0 Å². The van der Waals surface area contributed by atoms with Crippen LogP contribution >= 0.6 is 0 Å². The van der Waals surface area contributed by atoms with Gasteiger partial charge in [-0.15, -0.1) is 5.23 Å². The van der Waals surface area contributed by atoms with Gasteiger partial charge in [-0.1, -0.05) is 42.7 Å². The highest BCUT2D eigenvalue weighted by molar-refractivity contribution is 5.92. The van der Waals surface area contributed by atoms with Gasteiger partial charge in [0.25, 0.3) is 0 Å². The van der Waals surface area contributed by atoms with Crippen LogP contribution in [0.1, 0.15) is 96.3 Å². The van der Waals surface area contributed by atoms with E-state index in [9.17, 15) is 25.6 Å². The minimum Gasteiger partial charge on any atom is -0.769 e. The average Bonchev–Trinajstić information content (AvgIpc) is 3.43. The molecule has 5 atom stereocenters. The molecule has 0 aromatic heterocycles. The molecule has 8 nitrogen and oxygen atoms in total. The standard InChI is InChI=1S/C32H44N2O6/c1-20(19-40-31(35)24-15-25(33(36)37)17-26(16-24)34(38)39)7-6-8-21(2)28-13-14-32(5)18-29-23(4)9-11-27(29)22(3)10-12-30(28)32/h7,10,15-17,21,27-28,30,36-37H,6,8-9,11-14,18-19H2,1-5H3/q-2. The first kappa shape index (κ1) is 30.3. The maximum atomic E-state index is 12.5. The number of carbonyl (C=O) groups excluding carboxylic acids is 1. The monoisotopic (exact) mass is 552 g/mol. The average molecular weight is 553 g/mol. The van der Waals surface area contributed by atoms with Crippen LogP contribution in [0, 0.1) is 39.5 Å². The van der Waals surface area contributed by atoms with Crippen molar-refractivity contribution >= 4 is 17.3 Å². The molecule has 4 rings (SSSR count). The van der Waals surface area contributed by atoms with Crippen molar-refractivity contribution in [1.82, 2.24) is 0 Å². The molecule has 0 aliphatic heterocycles. The summed E-state index contributed by atoms with van der Waals surface area (Å²) in [5.74, 6) is 1.93. The maximum absolute atomic E-state index is 12.5. The largest absolute Gasteiger partial charge is 0.769 e. The molecule has 0 heterocycles. The third-order valence-electron chi connectivity index (χ3n) is 9.93. The van der Waals surface area contributed by atoms with Crippen LogP contribution in [-0.2, 0) is 4.74 Å². The zero-order chi connectivity index (χ0) is 29.2. The molecule has 0 saturated heterocycles. The zero-order valence-electron chi connectivity index (χ0n) is 24.5. The summed E-state index contributed by atoms with van der Waals surface area (Å²) >= 11 is 0. The Labute approximate surface area is 238 Å². The number of fused-ring (bicyclic) bond motifs is 2. The topological polar surface area (TPSA) is 119 Å². The van der Waals surface area contributed by atoms with Gasteiger partial charge in [0.05, 0.1) is 11.3 Å². The van der Waals surface area contributed by atoms with Crippen LogP contribution in [0.15, 0.2) is 52.6 Å². The molecule has 40 heavy (non-hydrogen) atoms. The van der Waals surface area contributed by atoms with E-state index in [2.05, 4.69) is 39.8 Å². The number of nitrogens with zero attached hydrogens (tertiary/aromatic N) is 2. The van der Waals surface area contributed by atoms with Gasteiger partial charge in [0.2, 0.25) is 0 Å². The molecule has 1 saturated carbocycles. The number of hydrogen-bond donors (Lipinski definition) is 2. The van der Waals surface area contributed by atoms with E-state index < -0.39 is 16.9 Å². The summed E-state index contributed by atoms with van der Waals surface area (Å²) in [6.45, 7) is 11.6. The predicted octanol–water partition coefficient (Wildman–Crippen LogP) is 8.09. The van der Waals surface area contributed by atoms with Gasteiger partial charge in [0, 0.05) is 11.6 Å². The van der Waals surface area contributed by atoms with E-state index in [1.54, 1.807) is 16.7 Å². The number of ether oxygens (including phenoxy) is 1. The molecule has 0 radical (unpaired) electrons. The van der Waals surface area contributed by atoms with Crippen LogP contribution in [-0.4, -0.2) is 23.0 Å². The number of benzene rings is 1. The normalized spacial score (nSPS) is 27.4. The van der Waals surface area contributed by atoms with E-state index in [1.165, 1.54) is 38.5 Å². The maximum Gasteiger partial charge on any atom is 0.338 e. The molecule has 8 heteroatoms. The first-order valence-electron chi connectivity index (χ1n) is 14.5. The van der Waals surface area contributed by atoms with Gasteiger partial charge in [0.1, 0.15) is 6.61 Å². The highest BCUT2D eigenvalue weighted by atomic mass is 16.8. The van der Waals surface area contributed by atoms with Gasteiger partial charge < -0.3 is 20.4 Å². The Morgan fingerprint density at radius 1 is 1.20 bits per heavy atom. The summed E-state index contributed by atoms with van der Waals surface area (Å²) in [7, 11) is 0. The third-order valence-corrected chi connectivity index (χ3v) is 9.93. The third kappa shape index (κ3) is 6.62. The van der Waals surface area contributed by atoms with Crippen molar-refractivity contribution in [1.29, 1.82) is 0 Å². The quantitative estimate of drug-likeness (QED) is 0.179. The van der Waals surface area contributed by atoms with Crippen molar-refractivity contribution in [3.63, 3.8) is 0 Å². The Balaban J connectivity index is 1.33. The van der Waals surface area contributed by atoms with Gasteiger partial charge >= 0.3 is 5.97 Å². The number of anilines is 2. The number of rotatable bonds is 9. The first-order valence-corrected chi connectivity index (χ1v) is 14.5. The molecular weight excluding hydrogens is 508 g/mol. The number of hydrogen-bond acceptors (Lipinski definition) is 8. The van der Waals surface area contributed by atoms with E-state index in [1.807, 2.05) is 6.92 Å². The highest BCUT2D eigenvalue weighted by Crippen LogP contribution is 2.58. The molecule has 220 valence electrons. The lowest BCUT2D eigenvalue weighted by Crippen LogP contribution is -2.30. The van der Waals surface area contributed by atoms with E-state index in [0.717, 1.165) is 36.6 Å². The highest BCUT2D eigenvalue weighted by Gasteiger charge is 2.48. The van der Waals surface area contributed by atoms with Gasteiger partial charge in [-0.05, 0) is 119 Å². The smallest absolute Gasteiger partial charge is 0.338 e. The van der Waals surface area contributed by atoms with Gasteiger partial charge in [-0.3, -0.25) is 10.4 Å². The van der Waals surface area contributed by atoms with Crippen LogP contribution in [0.4, 0.5) is 11.4 Å². The summed E-state index contributed by atoms with van der Waals surface area (Å²) in [6, 6.07) is 3.14. The second kappa shape index (κ2) is 12.5. The predicted molar refractivity (Wildman–Crippen MR) is 157 cm³/mol. The van der Waals surface area contributed by atoms with Crippen LogP contribution in [0.5, 0.6) is 0 Å². The summed E-state index contributed by atoms with van der Waals surface area (Å²) in [5, 5.41) is 39.8. The van der Waals surface area contributed by atoms with Crippen molar-refractivity contribution in [2.45, 2.75) is 86.0 Å². The van der Waals surface area contributed by atoms with Crippen molar-refractivity contribution in [3.05, 3.63) is 68.6 Å². The van der Waals surface area contributed by atoms with E-state index in [0.29, 0.717) is 29.1 Å². The Morgan fingerprint density at radius 3 is 2.62 bits per heavy atom. The molecule has 1 aromatic rings. The van der Waals surface area contributed by atoms with Gasteiger partial charge in [0.15, 0.2) is 0 Å². The summed E-state index contributed by atoms with van der Waals surface area (Å²) in [6.07, 6.45) is 14.2. The molecule has 0 amide bonds. The lowest BCUT2D eigenvalue weighted by Gasteiger charge is -2.39. The minimum atomic E-state index is -0.763. The van der Waals surface area contributed by atoms with Crippen molar-refractivity contribution in [2.24, 2.45) is 29.1 Å². The summed E-state index contributed by atoms with van der Waals surface area (Å²) < 4.78 is 5.36. The summed E-state index contributed by atoms with van der Waals surface area (Å²) in [5.41, 5.74) is 5.37. The van der Waals surface area contributed by atoms with E-state index in [4.69, 9.17) is 4.74 Å².